The van der Waals surface area contributed by atoms with Gasteiger partial charge in [-0.05, 0) is 31.6 Å². The largest absolute Gasteiger partial charge is 0.391 e. The van der Waals surface area contributed by atoms with Crippen molar-refractivity contribution in [2.45, 2.75) is 37.9 Å². The summed E-state index contributed by atoms with van der Waals surface area (Å²) < 4.78 is 39.6. The van der Waals surface area contributed by atoms with E-state index in [4.69, 9.17) is 17.4 Å². The average molecular weight is 311 g/mol. The Bertz CT molecular complexity index is 433. The Morgan fingerprint density at radius 1 is 1.40 bits per heavy atom. The molecule has 0 spiro atoms. The predicted octanol–water partition coefficient (Wildman–Crippen LogP) is 2.95. The number of hydrogen-bond acceptors (Lipinski definition) is 3. The van der Waals surface area contributed by atoms with Gasteiger partial charge in [0.15, 0.2) is 0 Å². The molecule has 1 unspecified atom stereocenters. The van der Waals surface area contributed by atoms with E-state index in [0.29, 0.717) is 17.9 Å². The summed E-state index contributed by atoms with van der Waals surface area (Å²) in [6.07, 6.45) is -1.35. The normalized spacial score (nSPS) is 25.7. The topological polar surface area (TPSA) is 55.9 Å². The molecule has 8 heteroatoms. The fourth-order valence-corrected chi connectivity index (χ4v) is 3.27. The first-order chi connectivity index (χ1) is 9.34. The van der Waals surface area contributed by atoms with Crippen molar-refractivity contribution in [1.82, 2.24) is 15.2 Å². The van der Waals surface area contributed by atoms with E-state index >= 15 is 0 Å². The number of halogens is 4. The van der Waals surface area contributed by atoms with E-state index in [9.17, 15) is 13.2 Å². The number of aromatic nitrogens is 2. The van der Waals surface area contributed by atoms with E-state index in [1.807, 2.05) is 0 Å². The van der Waals surface area contributed by atoms with Crippen molar-refractivity contribution in [1.29, 1.82) is 0 Å². The van der Waals surface area contributed by atoms with Crippen molar-refractivity contribution in [3.63, 3.8) is 0 Å². The molecular formula is C12H18ClF3N4. The number of nitrogens with zero attached hydrogens (tertiary/aromatic N) is 2. The lowest BCUT2D eigenvalue weighted by Crippen LogP contribution is -2.38. The first kappa shape index (κ1) is 15.6. The van der Waals surface area contributed by atoms with Gasteiger partial charge in [0.2, 0.25) is 0 Å². The first-order valence-electron chi connectivity index (χ1n) is 6.54. The van der Waals surface area contributed by atoms with Gasteiger partial charge in [0.1, 0.15) is 0 Å². The number of nitrogens with two attached hydrogens (primary N) is 1. The lowest BCUT2D eigenvalue weighted by Gasteiger charge is -2.34. The molecule has 114 valence electrons. The number of alkyl halides is 3. The molecule has 1 atom stereocenters. The minimum atomic E-state index is -4.10. The quantitative estimate of drug-likeness (QED) is 0.666. The van der Waals surface area contributed by atoms with E-state index in [0.717, 1.165) is 5.69 Å². The molecule has 1 aliphatic carbocycles. The van der Waals surface area contributed by atoms with Crippen LogP contribution >= 0.6 is 11.6 Å². The van der Waals surface area contributed by atoms with Crippen molar-refractivity contribution in [2.24, 2.45) is 24.7 Å². The van der Waals surface area contributed by atoms with Crippen molar-refractivity contribution in [3.8, 4) is 0 Å². The predicted molar refractivity (Wildman–Crippen MR) is 69.8 cm³/mol. The zero-order chi connectivity index (χ0) is 14.9. The maximum absolute atomic E-state index is 12.7. The second kappa shape index (κ2) is 5.91. The third-order valence-corrected chi connectivity index (χ3v) is 4.41. The van der Waals surface area contributed by atoms with Gasteiger partial charge >= 0.3 is 6.18 Å². The van der Waals surface area contributed by atoms with Crippen molar-refractivity contribution in [2.75, 3.05) is 0 Å². The summed E-state index contributed by atoms with van der Waals surface area (Å²) in [6, 6.07) is -0.274. The Labute approximate surface area is 120 Å². The van der Waals surface area contributed by atoms with E-state index in [2.05, 4.69) is 10.5 Å². The van der Waals surface area contributed by atoms with Crippen LogP contribution < -0.4 is 11.3 Å². The highest BCUT2D eigenvalue weighted by Gasteiger charge is 2.43. The third kappa shape index (κ3) is 3.10. The van der Waals surface area contributed by atoms with Gasteiger partial charge in [-0.25, -0.2) is 0 Å². The lowest BCUT2D eigenvalue weighted by molar-refractivity contribution is -0.184. The summed E-state index contributed by atoms with van der Waals surface area (Å²) in [5.74, 6) is 4.42. The van der Waals surface area contributed by atoms with Crippen LogP contribution in [0.3, 0.4) is 0 Å². The van der Waals surface area contributed by atoms with Gasteiger partial charge < -0.3 is 0 Å². The standard InChI is InChI=1S/C12H18ClF3N4/c1-20-11(9(13)6-18-20)10(19-17)7-2-4-8(5-3-7)12(14,15)16/h6-8,10,19H,2-5,17H2,1H3. The summed E-state index contributed by atoms with van der Waals surface area (Å²) in [6.45, 7) is 0. The molecule has 0 bridgehead atoms. The Kier molecular flexibility index (Phi) is 4.61. The number of rotatable bonds is 3. The fourth-order valence-electron chi connectivity index (χ4n) is 2.99. The molecular weight excluding hydrogens is 293 g/mol. The average Bonchev–Trinajstić information content (AvgIpc) is 2.71. The smallest absolute Gasteiger partial charge is 0.271 e. The molecule has 4 nitrogen and oxygen atoms in total. The van der Waals surface area contributed by atoms with Crippen LogP contribution in [-0.2, 0) is 7.05 Å². The Morgan fingerprint density at radius 3 is 2.40 bits per heavy atom. The first-order valence-corrected chi connectivity index (χ1v) is 6.92. The molecule has 0 aromatic carbocycles. The van der Waals surface area contributed by atoms with E-state index in [1.165, 1.54) is 6.20 Å². The van der Waals surface area contributed by atoms with Gasteiger partial charge in [0.25, 0.3) is 0 Å². The summed E-state index contributed by atoms with van der Waals surface area (Å²) in [7, 11) is 1.74. The van der Waals surface area contributed by atoms with Gasteiger partial charge in [0.05, 0.1) is 28.9 Å². The van der Waals surface area contributed by atoms with Crippen LogP contribution in [0, 0.1) is 11.8 Å². The molecule has 0 amide bonds. The van der Waals surface area contributed by atoms with Gasteiger partial charge in [-0.2, -0.15) is 18.3 Å². The van der Waals surface area contributed by atoms with Crippen LogP contribution in [0.4, 0.5) is 13.2 Å². The molecule has 1 saturated carbocycles. The molecule has 1 aromatic rings. The van der Waals surface area contributed by atoms with Gasteiger partial charge in [-0.15, -0.1) is 0 Å². The van der Waals surface area contributed by atoms with Crippen LogP contribution in [0.5, 0.6) is 0 Å². The van der Waals surface area contributed by atoms with Crippen LogP contribution in [0.15, 0.2) is 6.20 Å². The number of aryl methyl sites for hydroxylation is 1. The van der Waals surface area contributed by atoms with Crippen molar-refractivity contribution >= 4 is 11.6 Å². The SMILES string of the molecule is Cn1ncc(Cl)c1C(NN)C1CCC(C(F)(F)F)CC1. The van der Waals surface area contributed by atoms with E-state index in [1.54, 1.807) is 11.7 Å². The fraction of sp³-hybridized carbons (Fsp3) is 0.750. The molecule has 20 heavy (non-hydrogen) atoms. The number of hydrazine groups is 1. The second-order valence-corrected chi connectivity index (χ2v) is 5.71. The molecule has 1 heterocycles. The molecule has 1 aliphatic rings. The molecule has 2 rings (SSSR count). The molecule has 1 fully saturated rings. The minimum Gasteiger partial charge on any atom is -0.271 e. The highest BCUT2D eigenvalue weighted by Crippen LogP contribution is 2.43. The van der Waals surface area contributed by atoms with E-state index < -0.39 is 12.1 Å². The van der Waals surface area contributed by atoms with Gasteiger partial charge in [0, 0.05) is 7.05 Å². The third-order valence-electron chi connectivity index (χ3n) is 4.12. The van der Waals surface area contributed by atoms with Crippen LogP contribution in [-0.4, -0.2) is 16.0 Å². The number of hydrogen-bond donors (Lipinski definition) is 2. The zero-order valence-electron chi connectivity index (χ0n) is 11.1. The molecule has 0 saturated heterocycles. The maximum atomic E-state index is 12.7. The lowest BCUT2D eigenvalue weighted by atomic mass is 9.77. The molecule has 3 N–H and O–H groups in total. The Morgan fingerprint density at radius 2 is 2.00 bits per heavy atom. The van der Waals surface area contributed by atoms with Crippen LogP contribution in [0.25, 0.3) is 0 Å². The zero-order valence-corrected chi connectivity index (χ0v) is 11.9. The van der Waals surface area contributed by atoms with Gasteiger partial charge in [-0.3, -0.25) is 16.0 Å². The summed E-state index contributed by atoms with van der Waals surface area (Å²) in [5.41, 5.74) is 3.41. The highest BCUT2D eigenvalue weighted by atomic mass is 35.5. The summed E-state index contributed by atoms with van der Waals surface area (Å²) in [4.78, 5) is 0. The maximum Gasteiger partial charge on any atom is 0.391 e. The number of nitrogens with one attached hydrogen (secondary N) is 1. The highest BCUT2D eigenvalue weighted by molar-refractivity contribution is 6.31. The van der Waals surface area contributed by atoms with E-state index in [-0.39, 0.29) is 24.8 Å². The Hall–Kier alpha value is -0.790. The molecule has 0 aliphatic heterocycles. The van der Waals surface area contributed by atoms with Crippen LogP contribution in [0.2, 0.25) is 5.02 Å². The van der Waals surface area contributed by atoms with Crippen LogP contribution in [0.1, 0.15) is 37.4 Å². The minimum absolute atomic E-state index is 0.0338. The molecule has 1 aromatic heterocycles. The van der Waals surface area contributed by atoms with Crippen molar-refractivity contribution < 1.29 is 13.2 Å². The summed E-state index contributed by atoms with van der Waals surface area (Å²) >= 11 is 6.08. The second-order valence-electron chi connectivity index (χ2n) is 5.30. The Balaban J connectivity index is 2.08. The monoisotopic (exact) mass is 310 g/mol. The molecule has 0 radical (unpaired) electrons. The van der Waals surface area contributed by atoms with Gasteiger partial charge in [-0.1, -0.05) is 11.6 Å². The summed E-state index contributed by atoms with van der Waals surface area (Å²) in [5, 5.41) is 4.52. The van der Waals surface area contributed by atoms with Crippen molar-refractivity contribution in [3.05, 3.63) is 16.9 Å².